The van der Waals surface area contributed by atoms with Crippen molar-refractivity contribution in [2.75, 3.05) is 12.4 Å². The Kier molecular flexibility index (Phi) is 5.32. The topological polar surface area (TPSA) is 101 Å². The molecular weight excluding hydrogens is 414 g/mol. The lowest BCUT2D eigenvalue weighted by molar-refractivity contribution is -0.129. The SMILES string of the molecule is CO/N=C(/C(=O)O)c1csc(NC(=O)C2(C)CC2(c2ccccc2)c2ccccc2)n1. The fourth-order valence-electron chi connectivity index (χ4n) is 4.18. The number of hydrogen-bond donors (Lipinski definition) is 2. The number of aromatic nitrogens is 1. The number of nitrogens with zero attached hydrogens (tertiary/aromatic N) is 2. The Hall–Kier alpha value is -3.52. The van der Waals surface area contributed by atoms with Crippen LogP contribution in [0.3, 0.4) is 0 Å². The summed E-state index contributed by atoms with van der Waals surface area (Å²) in [5.74, 6) is -1.42. The molecule has 4 rings (SSSR count). The van der Waals surface area contributed by atoms with Gasteiger partial charge >= 0.3 is 5.97 Å². The summed E-state index contributed by atoms with van der Waals surface area (Å²) in [6.07, 6.45) is 0.656. The molecular formula is C23H21N3O4S. The van der Waals surface area contributed by atoms with Crippen molar-refractivity contribution in [1.29, 1.82) is 0 Å². The number of nitrogens with one attached hydrogen (secondary N) is 1. The molecule has 0 radical (unpaired) electrons. The van der Waals surface area contributed by atoms with Crippen molar-refractivity contribution < 1.29 is 19.5 Å². The zero-order chi connectivity index (χ0) is 22.1. The lowest BCUT2D eigenvalue weighted by Crippen LogP contribution is -2.30. The maximum atomic E-state index is 13.4. The number of benzene rings is 2. The van der Waals surface area contributed by atoms with Crippen molar-refractivity contribution >= 4 is 34.1 Å². The number of hydrogen-bond acceptors (Lipinski definition) is 6. The van der Waals surface area contributed by atoms with Crippen LogP contribution in [0.4, 0.5) is 5.13 Å². The van der Waals surface area contributed by atoms with Crippen molar-refractivity contribution in [3.05, 3.63) is 82.9 Å². The zero-order valence-corrected chi connectivity index (χ0v) is 17.8. The smallest absolute Gasteiger partial charge is 0.360 e. The predicted octanol–water partition coefficient (Wildman–Crippen LogP) is 3.91. The Bertz CT molecular complexity index is 1100. The molecule has 1 unspecified atom stereocenters. The summed E-state index contributed by atoms with van der Waals surface area (Å²) in [6, 6.07) is 20.0. The van der Waals surface area contributed by atoms with Gasteiger partial charge in [0.2, 0.25) is 11.6 Å². The second-order valence-corrected chi connectivity index (χ2v) is 8.42. The summed E-state index contributed by atoms with van der Waals surface area (Å²) in [5, 5.41) is 17.5. The van der Waals surface area contributed by atoms with Gasteiger partial charge < -0.3 is 15.3 Å². The first-order valence-electron chi connectivity index (χ1n) is 9.65. The van der Waals surface area contributed by atoms with E-state index in [9.17, 15) is 14.7 Å². The van der Waals surface area contributed by atoms with E-state index in [1.807, 2.05) is 67.6 Å². The van der Waals surface area contributed by atoms with Crippen LogP contribution in [0.1, 0.15) is 30.2 Å². The number of amides is 1. The number of carbonyl (C=O) groups is 2. The molecule has 1 aliphatic carbocycles. The average Bonchev–Trinajstić information content (AvgIpc) is 3.20. The van der Waals surface area contributed by atoms with Crippen LogP contribution in [-0.4, -0.2) is 34.8 Å². The molecule has 31 heavy (non-hydrogen) atoms. The molecule has 0 bridgehead atoms. The molecule has 1 aliphatic rings. The Labute approximate surface area is 183 Å². The highest BCUT2D eigenvalue weighted by molar-refractivity contribution is 7.14. The van der Waals surface area contributed by atoms with E-state index in [1.165, 1.54) is 12.5 Å². The molecule has 8 heteroatoms. The summed E-state index contributed by atoms with van der Waals surface area (Å²) in [5.41, 5.74) is 0.854. The van der Waals surface area contributed by atoms with Crippen LogP contribution >= 0.6 is 11.3 Å². The second kappa shape index (κ2) is 7.96. The van der Waals surface area contributed by atoms with Gasteiger partial charge in [-0.2, -0.15) is 0 Å². The van der Waals surface area contributed by atoms with Gasteiger partial charge in [-0.15, -0.1) is 11.3 Å². The summed E-state index contributed by atoms with van der Waals surface area (Å²) in [6.45, 7) is 1.95. The van der Waals surface area contributed by atoms with Crippen molar-refractivity contribution in [3.8, 4) is 0 Å². The molecule has 7 nitrogen and oxygen atoms in total. The molecule has 1 saturated carbocycles. The van der Waals surface area contributed by atoms with Gasteiger partial charge in [-0.05, 0) is 24.5 Å². The minimum Gasteiger partial charge on any atom is -0.476 e. The maximum absolute atomic E-state index is 13.4. The van der Waals surface area contributed by atoms with Crippen LogP contribution in [0.25, 0.3) is 0 Å². The number of carbonyl (C=O) groups excluding carboxylic acids is 1. The van der Waals surface area contributed by atoms with Crippen LogP contribution in [0.2, 0.25) is 0 Å². The van der Waals surface area contributed by atoms with Gasteiger partial charge in [0.15, 0.2) is 5.13 Å². The average molecular weight is 436 g/mol. The second-order valence-electron chi connectivity index (χ2n) is 7.57. The quantitative estimate of drug-likeness (QED) is 0.433. The van der Waals surface area contributed by atoms with E-state index in [-0.39, 0.29) is 17.3 Å². The number of aliphatic carboxylic acids is 1. The molecule has 1 fully saturated rings. The number of anilines is 1. The third-order valence-corrected chi connectivity index (χ3v) is 6.58. The minimum atomic E-state index is -1.26. The Morgan fingerprint density at radius 2 is 1.68 bits per heavy atom. The van der Waals surface area contributed by atoms with Crippen molar-refractivity contribution in [2.24, 2.45) is 10.6 Å². The van der Waals surface area contributed by atoms with Crippen LogP contribution in [0.5, 0.6) is 0 Å². The summed E-state index contributed by atoms with van der Waals surface area (Å²) in [4.78, 5) is 33.5. The standard InChI is InChI=1S/C23H21N3O4S/c1-22(20(29)25-21-24-17(13-31-21)18(19(27)28)26-30-2)14-23(22,15-9-5-3-6-10-15)16-11-7-4-8-12-16/h3-13H,14H2,1-2H3,(H,27,28)(H,24,25,29)/b26-18+. The molecule has 1 heterocycles. The summed E-state index contributed by atoms with van der Waals surface area (Å²) < 4.78 is 0. The predicted molar refractivity (Wildman–Crippen MR) is 118 cm³/mol. The number of rotatable bonds is 7. The molecule has 1 aromatic heterocycles. The van der Waals surface area contributed by atoms with Gasteiger partial charge in [0, 0.05) is 10.8 Å². The maximum Gasteiger partial charge on any atom is 0.360 e. The van der Waals surface area contributed by atoms with Gasteiger partial charge in [0.25, 0.3) is 0 Å². The molecule has 3 aromatic rings. The Morgan fingerprint density at radius 1 is 1.10 bits per heavy atom. The van der Waals surface area contributed by atoms with E-state index in [0.29, 0.717) is 11.6 Å². The van der Waals surface area contributed by atoms with E-state index < -0.39 is 16.8 Å². The molecule has 0 saturated heterocycles. The molecule has 1 atom stereocenters. The van der Waals surface area contributed by atoms with Gasteiger partial charge in [-0.25, -0.2) is 9.78 Å². The van der Waals surface area contributed by atoms with Crippen molar-refractivity contribution in [1.82, 2.24) is 4.98 Å². The summed E-state index contributed by atoms with van der Waals surface area (Å²) >= 11 is 1.14. The van der Waals surface area contributed by atoms with Gasteiger partial charge in [-0.3, -0.25) is 4.79 Å². The van der Waals surface area contributed by atoms with Crippen LogP contribution in [-0.2, 0) is 19.8 Å². The van der Waals surface area contributed by atoms with Crippen LogP contribution in [0.15, 0.2) is 71.2 Å². The molecule has 2 aromatic carbocycles. The Balaban J connectivity index is 1.63. The fraction of sp³-hybridized carbons (Fsp3) is 0.217. The first-order valence-corrected chi connectivity index (χ1v) is 10.5. The third-order valence-electron chi connectivity index (χ3n) is 5.82. The van der Waals surface area contributed by atoms with Crippen molar-refractivity contribution in [2.45, 2.75) is 18.8 Å². The van der Waals surface area contributed by atoms with Crippen molar-refractivity contribution in [3.63, 3.8) is 0 Å². The highest BCUT2D eigenvalue weighted by Gasteiger charge is 2.70. The third kappa shape index (κ3) is 3.48. The lowest BCUT2D eigenvalue weighted by Gasteiger charge is -2.23. The largest absolute Gasteiger partial charge is 0.476 e. The van der Waals surface area contributed by atoms with Crippen LogP contribution < -0.4 is 5.32 Å². The molecule has 158 valence electrons. The first-order chi connectivity index (χ1) is 14.9. The lowest BCUT2D eigenvalue weighted by atomic mass is 9.80. The van der Waals surface area contributed by atoms with E-state index in [2.05, 4.69) is 20.3 Å². The number of carboxylic acids is 1. The monoisotopic (exact) mass is 435 g/mol. The van der Waals surface area contributed by atoms with Gasteiger partial charge in [-0.1, -0.05) is 65.8 Å². The highest BCUT2D eigenvalue weighted by atomic mass is 32.1. The molecule has 0 aliphatic heterocycles. The first kappa shape index (κ1) is 20.7. The van der Waals surface area contributed by atoms with Gasteiger partial charge in [0.1, 0.15) is 12.8 Å². The number of oxime groups is 1. The minimum absolute atomic E-state index is 0.132. The number of carboxylic acid groups (broad SMARTS) is 1. The van der Waals surface area contributed by atoms with E-state index in [1.54, 1.807) is 0 Å². The number of thiazole rings is 1. The Morgan fingerprint density at radius 3 is 2.19 bits per heavy atom. The fourth-order valence-corrected chi connectivity index (χ4v) is 4.87. The van der Waals surface area contributed by atoms with E-state index in [0.717, 1.165) is 22.5 Å². The van der Waals surface area contributed by atoms with E-state index >= 15 is 0 Å². The molecule has 2 N–H and O–H groups in total. The normalized spacial score (nSPS) is 19.5. The molecule has 1 amide bonds. The summed E-state index contributed by atoms with van der Waals surface area (Å²) in [7, 11) is 1.26. The van der Waals surface area contributed by atoms with Gasteiger partial charge in [0.05, 0.1) is 5.41 Å². The van der Waals surface area contributed by atoms with Crippen LogP contribution in [0, 0.1) is 5.41 Å². The zero-order valence-electron chi connectivity index (χ0n) is 17.0. The highest BCUT2D eigenvalue weighted by Crippen LogP contribution is 2.68. The van der Waals surface area contributed by atoms with E-state index in [4.69, 9.17) is 0 Å². The molecule has 0 spiro atoms.